The first-order valence-corrected chi connectivity index (χ1v) is 7.21. The van der Waals surface area contributed by atoms with Gasteiger partial charge in [0.25, 0.3) is 5.91 Å². The van der Waals surface area contributed by atoms with E-state index in [0.717, 1.165) is 5.75 Å². The number of fused-ring (bicyclic) bond motifs is 1. The molecular weight excluding hydrogens is 275 g/mol. The van der Waals surface area contributed by atoms with Crippen molar-refractivity contribution in [3.63, 3.8) is 0 Å². The standard InChI is InChI=1S/C15H13FN2OS/c16-12-6-5-9(7-11(12)15(17)19)18-13-8-20-14-4-2-1-3-10(13)14/h1-7,13,18H,8H2,(H2,17,19). The van der Waals surface area contributed by atoms with E-state index in [1.807, 2.05) is 12.1 Å². The van der Waals surface area contributed by atoms with Crippen molar-refractivity contribution < 1.29 is 9.18 Å². The fourth-order valence-corrected chi connectivity index (χ4v) is 3.45. The summed E-state index contributed by atoms with van der Waals surface area (Å²) in [6.07, 6.45) is 0. The average Bonchev–Trinajstić information content (AvgIpc) is 2.84. The number of hydrogen-bond donors (Lipinski definition) is 2. The third-order valence-corrected chi connectivity index (χ3v) is 4.46. The summed E-state index contributed by atoms with van der Waals surface area (Å²) >= 11 is 1.78. The van der Waals surface area contributed by atoms with E-state index in [2.05, 4.69) is 17.4 Å². The first-order valence-electron chi connectivity index (χ1n) is 6.23. The van der Waals surface area contributed by atoms with Gasteiger partial charge in [-0.1, -0.05) is 18.2 Å². The topological polar surface area (TPSA) is 55.1 Å². The Morgan fingerprint density at radius 1 is 1.30 bits per heavy atom. The summed E-state index contributed by atoms with van der Waals surface area (Å²) in [5.74, 6) is -0.445. The molecule has 5 heteroatoms. The molecule has 1 heterocycles. The Hall–Kier alpha value is -2.01. The van der Waals surface area contributed by atoms with Gasteiger partial charge in [0.2, 0.25) is 0 Å². The zero-order valence-electron chi connectivity index (χ0n) is 10.6. The van der Waals surface area contributed by atoms with E-state index in [4.69, 9.17) is 5.73 Å². The summed E-state index contributed by atoms with van der Waals surface area (Å²) in [7, 11) is 0. The van der Waals surface area contributed by atoms with Crippen molar-refractivity contribution in [2.24, 2.45) is 5.73 Å². The van der Waals surface area contributed by atoms with Crippen LogP contribution in [0.25, 0.3) is 0 Å². The molecule has 2 aromatic rings. The number of thioether (sulfide) groups is 1. The summed E-state index contributed by atoms with van der Waals surface area (Å²) in [4.78, 5) is 12.4. The maximum absolute atomic E-state index is 13.4. The smallest absolute Gasteiger partial charge is 0.251 e. The van der Waals surface area contributed by atoms with E-state index >= 15 is 0 Å². The Morgan fingerprint density at radius 2 is 2.10 bits per heavy atom. The Bertz CT molecular complexity index is 675. The molecule has 1 amide bonds. The van der Waals surface area contributed by atoms with Gasteiger partial charge in [0.15, 0.2) is 0 Å². The minimum Gasteiger partial charge on any atom is -0.377 e. The van der Waals surface area contributed by atoms with Crippen LogP contribution >= 0.6 is 11.8 Å². The second-order valence-corrected chi connectivity index (χ2v) is 5.67. The summed E-state index contributed by atoms with van der Waals surface area (Å²) < 4.78 is 13.4. The predicted molar refractivity (Wildman–Crippen MR) is 78.4 cm³/mol. The van der Waals surface area contributed by atoms with Crippen LogP contribution in [0.1, 0.15) is 22.0 Å². The molecule has 1 aliphatic heterocycles. The van der Waals surface area contributed by atoms with Gasteiger partial charge >= 0.3 is 0 Å². The Kier molecular flexibility index (Phi) is 3.36. The fourth-order valence-electron chi connectivity index (χ4n) is 2.29. The van der Waals surface area contributed by atoms with Gasteiger partial charge in [0, 0.05) is 16.3 Å². The number of primary amides is 1. The van der Waals surface area contributed by atoms with Crippen LogP contribution in [0, 0.1) is 5.82 Å². The van der Waals surface area contributed by atoms with Crippen molar-refractivity contribution in [1.29, 1.82) is 0 Å². The molecule has 0 radical (unpaired) electrons. The van der Waals surface area contributed by atoms with E-state index in [1.165, 1.54) is 22.6 Å². The van der Waals surface area contributed by atoms with Crippen LogP contribution in [0.5, 0.6) is 0 Å². The number of nitrogens with two attached hydrogens (primary N) is 1. The first kappa shape index (κ1) is 13.0. The van der Waals surface area contributed by atoms with Gasteiger partial charge in [-0.3, -0.25) is 4.79 Å². The zero-order valence-corrected chi connectivity index (χ0v) is 11.4. The monoisotopic (exact) mass is 288 g/mol. The van der Waals surface area contributed by atoms with Crippen molar-refractivity contribution in [2.75, 3.05) is 11.1 Å². The summed E-state index contributed by atoms with van der Waals surface area (Å²) in [5, 5.41) is 3.32. The van der Waals surface area contributed by atoms with Crippen LogP contribution in [-0.4, -0.2) is 11.7 Å². The molecule has 102 valence electrons. The number of benzene rings is 2. The van der Waals surface area contributed by atoms with Gasteiger partial charge in [0.1, 0.15) is 5.82 Å². The van der Waals surface area contributed by atoms with E-state index in [1.54, 1.807) is 17.8 Å². The van der Waals surface area contributed by atoms with Crippen molar-refractivity contribution in [3.05, 3.63) is 59.4 Å². The normalized spacial score (nSPS) is 16.8. The first-order chi connectivity index (χ1) is 9.65. The summed E-state index contributed by atoms with van der Waals surface area (Å²) in [5.41, 5.74) is 6.99. The number of hydrogen-bond acceptors (Lipinski definition) is 3. The predicted octanol–water partition coefficient (Wildman–Crippen LogP) is 3.18. The molecule has 0 spiro atoms. The zero-order chi connectivity index (χ0) is 14.1. The molecule has 1 aliphatic rings. The molecule has 0 aliphatic carbocycles. The van der Waals surface area contributed by atoms with Gasteiger partial charge in [-0.05, 0) is 29.8 Å². The minimum absolute atomic E-state index is 0.0889. The Labute approximate surface area is 120 Å². The number of carbonyl (C=O) groups is 1. The van der Waals surface area contributed by atoms with Gasteiger partial charge in [-0.2, -0.15) is 0 Å². The molecule has 3 nitrogen and oxygen atoms in total. The third kappa shape index (κ3) is 2.36. The number of anilines is 1. The second kappa shape index (κ2) is 5.17. The molecule has 0 aromatic heterocycles. The van der Waals surface area contributed by atoms with Crippen LogP contribution in [0.2, 0.25) is 0 Å². The number of amides is 1. The lowest BCUT2D eigenvalue weighted by Gasteiger charge is -2.15. The SMILES string of the molecule is NC(=O)c1cc(NC2CSc3ccccc32)ccc1F. The highest BCUT2D eigenvalue weighted by molar-refractivity contribution is 7.99. The molecular formula is C15H13FN2OS. The van der Waals surface area contributed by atoms with Gasteiger partial charge in [0.05, 0.1) is 11.6 Å². The van der Waals surface area contributed by atoms with Crippen molar-refractivity contribution in [2.45, 2.75) is 10.9 Å². The highest BCUT2D eigenvalue weighted by atomic mass is 32.2. The number of halogens is 1. The second-order valence-electron chi connectivity index (χ2n) is 4.60. The number of rotatable bonds is 3. The van der Waals surface area contributed by atoms with Crippen molar-refractivity contribution in [3.8, 4) is 0 Å². The lowest BCUT2D eigenvalue weighted by atomic mass is 10.1. The molecule has 0 saturated carbocycles. The van der Waals surface area contributed by atoms with Crippen LogP contribution in [-0.2, 0) is 0 Å². The lowest BCUT2D eigenvalue weighted by Crippen LogP contribution is -2.15. The van der Waals surface area contributed by atoms with Crippen LogP contribution in [0.3, 0.4) is 0 Å². The van der Waals surface area contributed by atoms with E-state index in [-0.39, 0.29) is 11.6 Å². The van der Waals surface area contributed by atoms with Crippen LogP contribution in [0.4, 0.5) is 10.1 Å². The maximum atomic E-state index is 13.4. The van der Waals surface area contributed by atoms with E-state index in [0.29, 0.717) is 5.69 Å². The third-order valence-electron chi connectivity index (χ3n) is 3.27. The molecule has 1 unspecified atom stereocenters. The van der Waals surface area contributed by atoms with Gasteiger partial charge in [-0.15, -0.1) is 11.8 Å². The highest BCUT2D eigenvalue weighted by Gasteiger charge is 2.22. The number of carbonyl (C=O) groups excluding carboxylic acids is 1. The molecule has 0 saturated heterocycles. The van der Waals surface area contributed by atoms with Gasteiger partial charge < -0.3 is 11.1 Å². The van der Waals surface area contributed by atoms with Gasteiger partial charge in [-0.25, -0.2) is 4.39 Å². The van der Waals surface area contributed by atoms with Crippen molar-refractivity contribution in [1.82, 2.24) is 0 Å². The quantitative estimate of drug-likeness (QED) is 0.912. The molecule has 2 aromatic carbocycles. The molecule has 3 rings (SSSR count). The average molecular weight is 288 g/mol. The lowest BCUT2D eigenvalue weighted by molar-refractivity contribution is 0.0996. The molecule has 3 N–H and O–H groups in total. The largest absolute Gasteiger partial charge is 0.377 e. The Balaban J connectivity index is 1.86. The molecule has 0 fully saturated rings. The number of nitrogens with one attached hydrogen (secondary N) is 1. The highest BCUT2D eigenvalue weighted by Crippen LogP contribution is 2.39. The summed E-state index contributed by atoms with van der Waals surface area (Å²) in [6.45, 7) is 0. The van der Waals surface area contributed by atoms with E-state index in [9.17, 15) is 9.18 Å². The Morgan fingerprint density at radius 3 is 2.90 bits per heavy atom. The fraction of sp³-hybridized carbons (Fsp3) is 0.133. The molecule has 20 heavy (non-hydrogen) atoms. The molecule has 1 atom stereocenters. The van der Waals surface area contributed by atoms with Crippen LogP contribution in [0.15, 0.2) is 47.4 Å². The maximum Gasteiger partial charge on any atom is 0.251 e. The van der Waals surface area contributed by atoms with Crippen molar-refractivity contribution >= 4 is 23.4 Å². The van der Waals surface area contributed by atoms with Crippen LogP contribution < -0.4 is 11.1 Å². The molecule has 0 bridgehead atoms. The minimum atomic E-state index is -0.757. The summed E-state index contributed by atoms with van der Waals surface area (Å²) in [6, 6.07) is 12.7. The van der Waals surface area contributed by atoms with E-state index < -0.39 is 11.7 Å².